The summed E-state index contributed by atoms with van der Waals surface area (Å²) in [6, 6.07) is 6.67. The van der Waals surface area contributed by atoms with Gasteiger partial charge in [0.25, 0.3) is 0 Å². The molecule has 0 atom stereocenters. The molecule has 0 aliphatic rings. The zero-order chi connectivity index (χ0) is 11.7. The zero-order valence-corrected chi connectivity index (χ0v) is 10.0. The smallest absolute Gasteiger partial charge is 0.175 e. The van der Waals surface area contributed by atoms with Crippen molar-refractivity contribution in [2.45, 2.75) is 30.8 Å². The number of hydrogen-bond donors (Lipinski definition) is 1. The Hall–Kier alpha value is -0.870. The Bertz CT molecular complexity index is 441. The number of benzene rings is 1. The average molecular weight is 228 g/mol. The number of rotatable bonds is 3. The fraction of sp³-hybridized carbons (Fsp3) is 0.455. The second-order valence-corrected chi connectivity index (χ2v) is 6.42. The van der Waals surface area contributed by atoms with E-state index in [-0.39, 0.29) is 0 Å². The highest BCUT2D eigenvalue weighted by molar-refractivity contribution is 7.90. The number of hydrogen-bond acceptors (Lipinski definition) is 3. The minimum atomic E-state index is -3.16. The van der Waals surface area contributed by atoms with Crippen molar-refractivity contribution < 1.29 is 13.5 Å². The van der Waals surface area contributed by atoms with Gasteiger partial charge in [0.2, 0.25) is 0 Å². The van der Waals surface area contributed by atoms with Gasteiger partial charge in [0.05, 0.1) is 10.5 Å². The molecular weight excluding hydrogens is 212 g/mol. The first-order valence-electron chi connectivity index (χ1n) is 4.70. The molecule has 0 spiro atoms. The van der Waals surface area contributed by atoms with Gasteiger partial charge in [-0.1, -0.05) is 12.1 Å². The molecule has 3 nitrogen and oxygen atoms in total. The molecule has 0 amide bonds. The summed E-state index contributed by atoms with van der Waals surface area (Å²) in [5, 5.41) is 9.62. The van der Waals surface area contributed by atoms with Crippen LogP contribution in [-0.4, -0.2) is 25.4 Å². The molecule has 1 aromatic carbocycles. The largest absolute Gasteiger partial charge is 0.390 e. The van der Waals surface area contributed by atoms with Gasteiger partial charge in [-0.2, -0.15) is 0 Å². The molecule has 0 bridgehead atoms. The number of aliphatic hydroxyl groups is 1. The summed E-state index contributed by atoms with van der Waals surface area (Å²) in [6.07, 6.45) is 1.62. The van der Waals surface area contributed by atoms with E-state index in [1.54, 1.807) is 32.0 Å². The van der Waals surface area contributed by atoms with Crippen molar-refractivity contribution in [1.82, 2.24) is 0 Å². The van der Waals surface area contributed by atoms with Gasteiger partial charge in [0.1, 0.15) is 0 Å². The first-order chi connectivity index (χ1) is 6.68. The van der Waals surface area contributed by atoms with Crippen LogP contribution in [0, 0.1) is 0 Å². The van der Waals surface area contributed by atoms with Crippen molar-refractivity contribution in [1.29, 1.82) is 0 Å². The minimum Gasteiger partial charge on any atom is -0.390 e. The highest BCUT2D eigenvalue weighted by atomic mass is 32.2. The molecule has 0 aliphatic carbocycles. The van der Waals surface area contributed by atoms with Gasteiger partial charge < -0.3 is 5.11 Å². The lowest BCUT2D eigenvalue weighted by molar-refractivity contribution is 0.0809. The summed E-state index contributed by atoms with van der Waals surface area (Å²) in [5.41, 5.74) is 0.00118. The van der Waals surface area contributed by atoms with E-state index >= 15 is 0 Å². The van der Waals surface area contributed by atoms with E-state index in [9.17, 15) is 13.5 Å². The van der Waals surface area contributed by atoms with Crippen LogP contribution in [0.15, 0.2) is 29.2 Å². The van der Waals surface area contributed by atoms with E-state index in [1.807, 2.05) is 6.07 Å². The molecule has 0 fully saturated rings. The van der Waals surface area contributed by atoms with Crippen LogP contribution in [0.4, 0.5) is 0 Å². The van der Waals surface area contributed by atoms with Crippen LogP contribution in [0.25, 0.3) is 0 Å². The molecule has 0 saturated heterocycles. The maximum absolute atomic E-state index is 11.3. The maximum atomic E-state index is 11.3. The topological polar surface area (TPSA) is 54.4 Å². The predicted molar refractivity (Wildman–Crippen MR) is 59.6 cm³/mol. The Labute approximate surface area is 90.7 Å². The molecule has 0 aromatic heterocycles. The van der Waals surface area contributed by atoms with Gasteiger partial charge in [-0.05, 0) is 31.5 Å². The zero-order valence-electron chi connectivity index (χ0n) is 9.19. The Morgan fingerprint density at radius 1 is 1.33 bits per heavy atom. The quantitative estimate of drug-likeness (QED) is 0.851. The Kier molecular flexibility index (Phi) is 3.21. The third kappa shape index (κ3) is 4.01. The van der Waals surface area contributed by atoms with Gasteiger partial charge in [0, 0.05) is 12.7 Å². The van der Waals surface area contributed by atoms with Gasteiger partial charge >= 0.3 is 0 Å². The number of sulfone groups is 1. The molecule has 4 heteroatoms. The molecule has 0 heterocycles. The lowest BCUT2D eigenvalue weighted by atomic mass is 9.99. The van der Waals surface area contributed by atoms with Crippen LogP contribution in [0.3, 0.4) is 0 Å². The van der Waals surface area contributed by atoms with Crippen molar-refractivity contribution in [2.24, 2.45) is 0 Å². The first kappa shape index (κ1) is 12.2. The van der Waals surface area contributed by atoms with Gasteiger partial charge in [0.15, 0.2) is 9.84 Å². The van der Waals surface area contributed by atoms with E-state index < -0.39 is 15.4 Å². The third-order valence-corrected chi connectivity index (χ3v) is 3.07. The van der Waals surface area contributed by atoms with E-state index in [4.69, 9.17) is 0 Å². The standard InChI is InChI=1S/C11H16O3S/c1-11(2,12)8-9-5-4-6-10(7-9)15(3,13)14/h4-7,12H,8H2,1-3H3. The van der Waals surface area contributed by atoms with Crippen LogP contribution in [0.1, 0.15) is 19.4 Å². The molecule has 84 valence electrons. The van der Waals surface area contributed by atoms with E-state index in [0.717, 1.165) is 5.56 Å². The van der Waals surface area contributed by atoms with Gasteiger partial charge in [-0.15, -0.1) is 0 Å². The fourth-order valence-corrected chi connectivity index (χ4v) is 2.08. The fourth-order valence-electron chi connectivity index (χ4n) is 1.39. The second-order valence-electron chi connectivity index (χ2n) is 4.41. The summed E-state index contributed by atoms with van der Waals surface area (Å²) < 4.78 is 22.6. The van der Waals surface area contributed by atoms with Crippen molar-refractivity contribution in [3.05, 3.63) is 29.8 Å². The molecular formula is C11H16O3S. The predicted octanol–water partition coefficient (Wildman–Crippen LogP) is 1.40. The van der Waals surface area contributed by atoms with Crippen molar-refractivity contribution in [3.8, 4) is 0 Å². The van der Waals surface area contributed by atoms with Gasteiger partial charge in [-0.25, -0.2) is 8.42 Å². The maximum Gasteiger partial charge on any atom is 0.175 e. The van der Waals surface area contributed by atoms with E-state index in [1.165, 1.54) is 6.26 Å². The molecule has 15 heavy (non-hydrogen) atoms. The van der Waals surface area contributed by atoms with Crippen LogP contribution < -0.4 is 0 Å². The summed E-state index contributed by atoms with van der Waals surface area (Å²) >= 11 is 0. The van der Waals surface area contributed by atoms with Crippen molar-refractivity contribution in [2.75, 3.05) is 6.26 Å². The Morgan fingerprint density at radius 3 is 2.40 bits per heavy atom. The summed E-state index contributed by atoms with van der Waals surface area (Å²) in [6.45, 7) is 3.39. The summed E-state index contributed by atoms with van der Waals surface area (Å²) in [5.74, 6) is 0. The molecule has 0 saturated carbocycles. The van der Waals surface area contributed by atoms with Gasteiger partial charge in [-0.3, -0.25) is 0 Å². The van der Waals surface area contributed by atoms with E-state index in [0.29, 0.717) is 11.3 Å². The monoisotopic (exact) mass is 228 g/mol. The summed E-state index contributed by atoms with van der Waals surface area (Å²) in [4.78, 5) is 0.296. The minimum absolute atomic E-state index is 0.296. The lowest BCUT2D eigenvalue weighted by Gasteiger charge is -2.17. The highest BCUT2D eigenvalue weighted by Gasteiger charge is 2.15. The van der Waals surface area contributed by atoms with Crippen molar-refractivity contribution in [3.63, 3.8) is 0 Å². The van der Waals surface area contributed by atoms with E-state index in [2.05, 4.69) is 0 Å². The molecule has 0 aliphatic heterocycles. The molecule has 0 radical (unpaired) electrons. The molecule has 1 aromatic rings. The first-order valence-corrected chi connectivity index (χ1v) is 6.59. The molecule has 0 unspecified atom stereocenters. The summed E-state index contributed by atoms with van der Waals surface area (Å²) in [7, 11) is -3.16. The SMILES string of the molecule is CC(C)(O)Cc1cccc(S(C)(=O)=O)c1. The van der Waals surface area contributed by atoms with Crippen LogP contribution in [0.2, 0.25) is 0 Å². The normalized spacial score (nSPS) is 12.8. The Morgan fingerprint density at radius 2 is 1.93 bits per heavy atom. The third-order valence-electron chi connectivity index (χ3n) is 1.96. The van der Waals surface area contributed by atoms with Crippen molar-refractivity contribution >= 4 is 9.84 Å². The average Bonchev–Trinajstić information content (AvgIpc) is 1.99. The van der Waals surface area contributed by atoms with Crippen LogP contribution in [-0.2, 0) is 16.3 Å². The highest BCUT2D eigenvalue weighted by Crippen LogP contribution is 2.16. The Balaban J connectivity index is 3.04. The molecule has 1 rings (SSSR count). The molecule has 1 N–H and O–H groups in total. The lowest BCUT2D eigenvalue weighted by Crippen LogP contribution is -2.21. The second kappa shape index (κ2) is 3.94. The van der Waals surface area contributed by atoms with Crippen LogP contribution in [0.5, 0.6) is 0 Å². The van der Waals surface area contributed by atoms with Crippen LogP contribution >= 0.6 is 0 Å².